The van der Waals surface area contributed by atoms with E-state index in [1.165, 1.54) is 11.8 Å². The summed E-state index contributed by atoms with van der Waals surface area (Å²) in [6, 6.07) is 27.2. The van der Waals surface area contributed by atoms with Crippen LogP contribution in [0.5, 0.6) is 0 Å². The molecular weight excluding hydrogens is 380 g/mol. The fourth-order valence-electron chi connectivity index (χ4n) is 2.93. The van der Waals surface area contributed by atoms with Crippen LogP contribution >= 0.6 is 11.8 Å². The molecule has 0 spiro atoms. The number of nitrogens with zero attached hydrogens (tertiary/aromatic N) is 1. The largest absolute Gasteiger partial charge is 0.325 e. The van der Waals surface area contributed by atoms with E-state index in [4.69, 9.17) is 0 Å². The summed E-state index contributed by atoms with van der Waals surface area (Å²) in [6.07, 6.45) is 0. The normalized spacial score (nSPS) is 10.4. The molecule has 2 amide bonds. The molecule has 3 aromatic carbocycles. The highest BCUT2D eigenvalue weighted by molar-refractivity contribution is 8.00. The van der Waals surface area contributed by atoms with Crippen molar-refractivity contribution in [3.05, 3.63) is 96.1 Å². The molecule has 0 aromatic heterocycles. The predicted octanol–water partition coefficient (Wildman–Crippen LogP) is 4.90. The van der Waals surface area contributed by atoms with Crippen LogP contribution in [0.3, 0.4) is 0 Å². The number of carbonyl (C=O) groups excluding carboxylic acids is 2. The Bertz CT molecular complexity index is 945. The van der Waals surface area contributed by atoms with Gasteiger partial charge in [0.05, 0.1) is 18.1 Å². The zero-order chi connectivity index (χ0) is 20.5. The van der Waals surface area contributed by atoms with Crippen LogP contribution in [-0.2, 0) is 16.1 Å². The van der Waals surface area contributed by atoms with E-state index in [0.717, 1.165) is 22.5 Å². The molecule has 1 N–H and O–H groups in total. The van der Waals surface area contributed by atoms with Crippen LogP contribution in [0.2, 0.25) is 0 Å². The molecule has 3 aromatic rings. The second kappa shape index (κ2) is 10.5. The first-order chi connectivity index (χ1) is 14.1. The van der Waals surface area contributed by atoms with Crippen LogP contribution in [0.15, 0.2) is 84.9 Å². The van der Waals surface area contributed by atoms with Crippen molar-refractivity contribution in [2.75, 3.05) is 21.7 Å². The zero-order valence-corrected chi connectivity index (χ0v) is 17.2. The van der Waals surface area contributed by atoms with Gasteiger partial charge in [0, 0.05) is 11.4 Å². The number of aryl methyl sites for hydroxylation is 1. The molecule has 4 nitrogen and oxygen atoms in total. The Kier molecular flexibility index (Phi) is 7.47. The van der Waals surface area contributed by atoms with Gasteiger partial charge in [0.25, 0.3) is 0 Å². The van der Waals surface area contributed by atoms with Gasteiger partial charge in [-0.25, -0.2) is 0 Å². The second-order valence-electron chi connectivity index (χ2n) is 6.71. The van der Waals surface area contributed by atoms with Gasteiger partial charge in [-0.2, -0.15) is 0 Å². The van der Waals surface area contributed by atoms with Gasteiger partial charge in [0.1, 0.15) is 0 Å². The summed E-state index contributed by atoms with van der Waals surface area (Å²) in [5, 5.41) is 2.87. The molecule has 148 valence electrons. The fourth-order valence-corrected chi connectivity index (χ4v) is 3.62. The summed E-state index contributed by atoms with van der Waals surface area (Å²) >= 11 is 1.32. The lowest BCUT2D eigenvalue weighted by Crippen LogP contribution is -2.32. The van der Waals surface area contributed by atoms with E-state index >= 15 is 0 Å². The van der Waals surface area contributed by atoms with Crippen LogP contribution in [-0.4, -0.2) is 23.3 Å². The summed E-state index contributed by atoms with van der Waals surface area (Å²) in [4.78, 5) is 26.8. The van der Waals surface area contributed by atoms with Gasteiger partial charge in [-0.05, 0) is 42.3 Å². The lowest BCUT2D eigenvalue weighted by molar-refractivity contribution is -0.116. The topological polar surface area (TPSA) is 49.4 Å². The van der Waals surface area contributed by atoms with Crippen molar-refractivity contribution < 1.29 is 9.59 Å². The van der Waals surface area contributed by atoms with Crippen LogP contribution in [0.4, 0.5) is 11.4 Å². The molecule has 0 fully saturated rings. The number of anilines is 2. The number of thioether (sulfide) groups is 1. The van der Waals surface area contributed by atoms with E-state index in [-0.39, 0.29) is 23.3 Å². The number of hydrogen-bond donors (Lipinski definition) is 1. The van der Waals surface area contributed by atoms with Crippen molar-refractivity contribution >= 4 is 35.0 Å². The highest BCUT2D eigenvalue weighted by Gasteiger charge is 2.16. The third-order valence-electron chi connectivity index (χ3n) is 4.31. The Morgan fingerprint density at radius 1 is 0.862 bits per heavy atom. The van der Waals surface area contributed by atoms with E-state index in [9.17, 15) is 9.59 Å². The molecule has 0 radical (unpaired) electrons. The van der Waals surface area contributed by atoms with E-state index in [1.807, 2.05) is 91.9 Å². The maximum Gasteiger partial charge on any atom is 0.237 e. The summed E-state index contributed by atoms with van der Waals surface area (Å²) in [6.45, 7) is 2.48. The minimum Gasteiger partial charge on any atom is -0.325 e. The van der Waals surface area contributed by atoms with Crippen molar-refractivity contribution in [3.63, 3.8) is 0 Å². The molecule has 0 aliphatic heterocycles. The standard InChI is InChI=1S/C24H24N2O2S/c1-19-9-8-12-21(15-19)25-23(27)17-29-18-24(28)26(22-13-6-3-7-14-22)16-20-10-4-2-5-11-20/h2-15H,16-18H2,1H3,(H,25,27). The number of carbonyl (C=O) groups is 2. The minimum absolute atomic E-state index is 0.0200. The minimum atomic E-state index is -0.109. The van der Waals surface area contributed by atoms with Gasteiger partial charge >= 0.3 is 0 Å². The number of hydrogen-bond acceptors (Lipinski definition) is 3. The molecule has 3 rings (SSSR count). The smallest absolute Gasteiger partial charge is 0.237 e. The fraction of sp³-hybridized carbons (Fsp3) is 0.167. The van der Waals surface area contributed by atoms with Crippen molar-refractivity contribution in [1.29, 1.82) is 0 Å². The van der Waals surface area contributed by atoms with Crippen molar-refractivity contribution in [1.82, 2.24) is 0 Å². The molecule has 29 heavy (non-hydrogen) atoms. The van der Waals surface area contributed by atoms with Crippen molar-refractivity contribution in [2.24, 2.45) is 0 Å². The Morgan fingerprint density at radius 2 is 1.55 bits per heavy atom. The Labute approximate surface area is 175 Å². The zero-order valence-electron chi connectivity index (χ0n) is 16.4. The van der Waals surface area contributed by atoms with Crippen LogP contribution in [0.25, 0.3) is 0 Å². The molecule has 0 bridgehead atoms. The molecular formula is C24H24N2O2S. The average molecular weight is 405 g/mol. The lowest BCUT2D eigenvalue weighted by Gasteiger charge is -2.23. The molecule has 0 aliphatic rings. The van der Waals surface area contributed by atoms with Crippen LogP contribution in [0, 0.1) is 6.92 Å². The SMILES string of the molecule is Cc1cccc(NC(=O)CSCC(=O)N(Cc2ccccc2)c2ccccc2)c1. The Balaban J connectivity index is 1.57. The maximum atomic E-state index is 12.9. The van der Waals surface area contributed by atoms with Gasteiger partial charge in [-0.3, -0.25) is 9.59 Å². The highest BCUT2D eigenvalue weighted by atomic mass is 32.2. The molecule has 5 heteroatoms. The van der Waals surface area contributed by atoms with Crippen LogP contribution < -0.4 is 10.2 Å². The third-order valence-corrected chi connectivity index (χ3v) is 5.23. The Morgan fingerprint density at radius 3 is 2.24 bits per heavy atom. The Hall–Kier alpha value is -3.05. The third kappa shape index (κ3) is 6.50. The van der Waals surface area contributed by atoms with Gasteiger partial charge in [-0.1, -0.05) is 60.7 Å². The van der Waals surface area contributed by atoms with E-state index in [2.05, 4.69) is 5.32 Å². The summed E-state index contributed by atoms with van der Waals surface area (Å²) in [5.74, 6) is 0.340. The van der Waals surface area contributed by atoms with Crippen molar-refractivity contribution in [2.45, 2.75) is 13.5 Å². The quantitative estimate of drug-likeness (QED) is 0.581. The van der Waals surface area contributed by atoms with Gasteiger partial charge in [0.2, 0.25) is 11.8 Å². The summed E-state index contributed by atoms with van der Waals surface area (Å²) < 4.78 is 0. The summed E-state index contributed by atoms with van der Waals surface area (Å²) in [5.41, 5.74) is 3.78. The number of amides is 2. The summed E-state index contributed by atoms with van der Waals surface area (Å²) in [7, 11) is 0. The molecule has 0 aliphatic carbocycles. The highest BCUT2D eigenvalue weighted by Crippen LogP contribution is 2.19. The molecule has 0 unspecified atom stereocenters. The van der Waals surface area contributed by atoms with Gasteiger partial charge < -0.3 is 10.2 Å². The second-order valence-corrected chi connectivity index (χ2v) is 7.70. The van der Waals surface area contributed by atoms with E-state index in [0.29, 0.717) is 6.54 Å². The molecule has 0 saturated heterocycles. The van der Waals surface area contributed by atoms with E-state index in [1.54, 1.807) is 4.90 Å². The van der Waals surface area contributed by atoms with Crippen LogP contribution in [0.1, 0.15) is 11.1 Å². The lowest BCUT2D eigenvalue weighted by atomic mass is 10.2. The van der Waals surface area contributed by atoms with Crippen molar-refractivity contribution in [3.8, 4) is 0 Å². The first-order valence-corrected chi connectivity index (χ1v) is 10.6. The number of nitrogens with one attached hydrogen (secondary N) is 1. The first kappa shape index (κ1) is 20.7. The monoisotopic (exact) mass is 404 g/mol. The van der Waals surface area contributed by atoms with E-state index < -0.39 is 0 Å². The first-order valence-electron chi connectivity index (χ1n) is 9.45. The van der Waals surface area contributed by atoms with Gasteiger partial charge in [0.15, 0.2) is 0 Å². The molecule has 0 heterocycles. The van der Waals surface area contributed by atoms with Gasteiger partial charge in [-0.15, -0.1) is 11.8 Å². The maximum absolute atomic E-state index is 12.9. The number of rotatable bonds is 8. The molecule has 0 atom stereocenters. The average Bonchev–Trinajstić information content (AvgIpc) is 2.73. The predicted molar refractivity (Wildman–Crippen MR) is 121 cm³/mol. The molecule has 0 saturated carbocycles. The number of benzene rings is 3. The number of para-hydroxylation sites is 1.